The highest BCUT2D eigenvalue weighted by Crippen LogP contribution is 2.42. The molecular formula is C14H11FO3. The number of halogens is 1. The third kappa shape index (κ3) is 1.65. The van der Waals surface area contributed by atoms with Crippen LogP contribution in [0.3, 0.4) is 0 Å². The van der Waals surface area contributed by atoms with Gasteiger partial charge in [-0.2, -0.15) is 0 Å². The van der Waals surface area contributed by atoms with Crippen LogP contribution in [-0.2, 0) is 14.3 Å². The molecule has 0 aromatic heterocycles. The van der Waals surface area contributed by atoms with Crippen LogP contribution in [0.25, 0.3) is 0 Å². The number of allylic oxidation sites excluding steroid dienone is 2. The van der Waals surface area contributed by atoms with Crippen LogP contribution in [0.1, 0.15) is 17.9 Å². The molecule has 1 heterocycles. The number of rotatable bonds is 1. The van der Waals surface area contributed by atoms with E-state index in [0.717, 1.165) is 5.56 Å². The first-order valence-corrected chi connectivity index (χ1v) is 5.84. The fourth-order valence-corrected chi connectivity index (χ4v) is 2.69. The van der Waals surface area contributed by atoms with Crippen molar-refractivity contribution in [3.63, 3.8) is 0 Å². The van der Waals surface area contributed by atoms with Crippen molar-refractivity contribution in [1.82, 2.24) is 0 Å². The maximum Gasteiger partial charge on any atom is 0.318 e. The van der Waals surface area contributed by atoms with Crippen LogP contribution < -0.4 is 0 Å². The molecule has 3 rings (SSSR count). The van der Waals surface area contributed by atoms with E-state index in [9.17, 15) is 14.0 Å². The molecule has 1 unspecified atom stereocenters. The lowest BCUT2D eigenvalue weighted by Gasteiger charge is -2.25. The van der Waals surface area contributed by atoms with E-state index in [1.807, 2.05) is 12.2 Å². The average molecular weight is 246 g/mol. The first kappa shape index (κ1) is 11.1. The van der Waals surface area contributed by atoms with E-state index in [-0.39, 0.29) is 11.7 Å². The molecule has 0 spiro atoms. The smallest absolute Gasteiger partial charge is 0.318 e. The molecule has 1 aromatic rings. The Labute approximate surface area is 103 Å². The molecule has 1 aromatic carbocycles. The Morgan fingerprint density at radius 3 is 2.56 bits per heavy atom. The summed E-state index contributed by atoms with van der Waals surface area (Å²) in [5.74, 6) is -2.29. The second-order valence-corrected chi connectivity index (χ2v) is 4.61. The summed E-state index contributed by atoms with van der Waals surface area (Å²) in [7, 11) is 0. The van der Waals surface area contributed by atoms with E-state index < -0.39 is 23.8 Å². The van der Waals surface area contributed by atoms with Gasteiger partial charge >= 0.3 is 11.9 Å². The lowest BCUT2D eigenvalue weighted by molar-refractivity contribution is -0.153. The maximum absolute atomic E-state index is 12.9. The number of cyclic esters (lactones) is 2. The first-order valence-electron chi connectivity index (χ1n) is 5.84. The van der Waals surface area contributed by atoms with Crippen LogP contribution in [-0.4, -0.2) is 11.9 Å². The largest absolute Gasteiger partial charge is 0.393 e. The predicted octanol–water partition coefficient (Wildman–Crippen LogP) is 2.18. The zero-order valence-electron chi connectivity index (χ0n) is 9.51. The number of fused-ring (bicyclic) bond motifs is 1. The minimum Gasteiger partial charge on any atom is -0.393 e. The van der Waals surface area contributed by atoms with Gasteiger partial charge < -0.3 is 4.74 Å². The Kier molecular flexibility index (Phi) is 2.51. The van der Waals surface area contributed by atoms with Gasteiger partial charge in [0.25, 0.3) is 0 Å². The highest BCUT2D eigenvalue weighted by atomic mass is 19.1. The number of carbonyl (C=O) groups is 2. The van der Waals surface area contributed by atoms with Gasteiger partial charge in [-0.15, -0.1) is 0 Å². The molecule has 18 heavy (non-hydrogen) atoms. The number of esters is 2. The molecule has 0 saturated carbocycles. The van der Waals surface area contributed by atoms with Crippen molar-refractivity contribution in [2.24, 2.45) is 11.8 Å². The SMILES string of the molecule is O=C1OC(=O)[C@H]2C(c3ccc(F)cc3)C=CC[C@@H]12. The lowest BCUT2D eigenvalue weighted by Crippen LogP contribution is -2.26. The molecule has 0 bridgehead atoms. The Morgan fingerprint density at radius 1 is 1.11 bits per heavy atom. The van der Waals surface area contributed by atoms with Gasteiger partial charge in [0.05, 0.1) is 11.8 Å². The van der Waals surface area contributed by atoms with Crippen molar-refractivity contribution in [3.8, 4) is 0 Å². The first-order chi connectivity index (χ1) is 8.66. The monoisotopic (exact) mass is 246 g/mol. The number of hydrogen-bond acceptors (Lipinski definition) is 3. The highest BCUT2D eigenvalue weighted by Gasteiger charge is 2.48. The van der Waals surface area contributed by atoms with E-state index in [4.69, 9.17) is 4.74 Å². The van der Waals surface area contributed by atoms with Gasteiger partial charge in [-0.3, -0.25) is 9.59 Å². The summed E-state index contributed by atoms with van der Waals surface area (Å²) in [5.41, 5.74) is 0.828. The third-order valence-electron chi connectivity index (χ3n) is 3.58. The molecule has 0 N–H and O–H groups in total. The van der Waals surface area contributed by atoms with E-state index in [1.54, 1.807) is 12.1 Å². The molecule has 1 aliphatic carbocycles. The summed E-state index contributed by atoms with van der Waals surface area (Å²) in [6.07, 6.45) is 4.32. The van der Waals surface area contributed by atoms with Crippen LogP contribution in [0.5, 0.6) is 0 Å². The molecule has 92 valence electrons. The van der Waals surface area contributed by atoms with Gasteiger partial charge in [0, 0.05) is 5.92 Å². The topological polar surface area (TPSA) is 43.4 Å². The quantitative estimate of drug-likeness (QED) is 0.433. The summed E-state index contributed by atoms with van der Waals surface area (Å²) in [5, 5.41) is 0. The summed E-state index contributed by atoms with van der Waals surface area (Å²) >= 11 is 0. The van der Waals surface area contributed by atoms with Crippen LogP contribution >= 0.6 is 0 Å². The highest BCUT2D eigenvalue weighted by molar-refractivity contribution is 5.97. The van der Waals surface area contributed by atoms with Gasteiger partial charge in [0.1, 0.15) is 5.82 Å². The predicted molar refractivity (Wildman–Crippen MR) is 61.0 cm³/mol. The van der Waals surface area contributed by atoms with Crippen molar-refractivity contribution in [2.75, 3.05) is 0 Å². The van der Waals surface area contributed by atoms with Gasteiger partial charge in [-0.25, -0.2) is 4.39 Å². The van der Waals surface area contributed by atoms with Crippen LogP contribution in [0.15, 0.2) is 36.4 Å². The second kappa shape index (κ2) is 4.05. The minimum absolute atomic E-state index is 0.205. The fourth-order valence-electron chi connectivity index (χ4n) is 2.69. The van der Waals surface area contributed by atoms with Gasteiger partial charge in [0.2, 0.25) is 0 Å². The molecule has 1 fully saturated rings. The van der Waals surface area contributed by atoms with Crippen molar-refractivity contribution < 1.29 is 18.7 Å². The molecular weight excluding hydrogens is 235 g/mol. The molecule has 2 aliphatic rings. The summed E-state index contributed by atoms with van der Waals surface area (Å²) in [4.78, 5) is 23.2. The normalized spacial score (nSPS) is 30.2. The summed E-state index contributed by atoms with van der Waals surface area (Å²) in [6.45, 7) is 0. The van der Waals surface area contributed by atoms with E-state index in [1.165, 1.54) is 12.1 Å². The Balaban J connectivity index is 1.99. The van der Waals surface area contributed by atoms with Crippen LogP contribution in [0.2, 0.25) is 0 Å². The fraction of sp³-hybridized carbons (Fsp3) is 0.286. The zero-order valence-corrected chi connectivity index (χ0v) is 9.51. The van der Waals surface area contributed by atoms with Crippen molar-refractivity contribution in [1.29, 1.82) is 0 Å². The van der Waals surface area contributed by atoms with Crippen molar-refractivity contribution in [2.45, 2.75) is 12.3 Å². The van der Waals surface area contributed by atoms with E-state index in [2.05, 4.69) is 0 Å². The Bertz CT molecular complexity index is 532. The molecule has 1 aliphatic heterocycles. The number of hydrogen-bond donors (Lipinski definition) is 0. The average Bonchev–Trinajstić information content (AvgIpc) is 2.66. The number of carbonyl (C=O) groups excluding carboxylic acids is 2. The van der Waals surface area contributed by atoms with Gasteiger partial charge in [-0.05, 0) is 24.1 Å². The summed E-state index contributed by atoms with van der Waals surface area (Å²) < 4.78 is 17.6. The maximum atomic E-state index is 12.9. The zero-order chi connectivity index (χ0) is 12.7. The minimum atomic E-state index is -0.469. The lowest BCUT2D eigenvalue weighted by atomic mass is 9.74. The molecule has 1 saturated heterocycles. The van der Waals surface area contributed by atoms with Crippen molar-refractivity contribution >= 4 is 11.9 Å². The van der Waals surface area contributed by atoms with E-state index >= 15 is 0 Å². The molecule has 0 radical (unpaired) electrons. The van der Waals surface area contributed by atoms with E-state index in [0.29, 0.717) is 6.42 Å². The second-order valence-electron chi connectivity index (χ2n) is 4.61. The Morgan fingerprint density at radius 2 is 1.83 bits per heavy atom. The van der Waals surface area contributed by atoms with Gasteiger partial charge in [0.15, 0.2) is 0 Å². The Hall–Kier alpha value is -1.97. The molecule has 3 atom stereocenters. The van der Waals surface area contributed by atoms with Crippen LogP contribution in [0.4, 0.5) is 4.39 Å². The standard InChI is InChI=1S/C14H11FO3/c15-9-6-4-8(5-7-9)10-2-1-3-11-12(10)14(17)18-13(11)16/h1-2,4-7,10-12H,3H2/t10?,11-,12+/m1/s1. The molecule has 0 amide bonds. The number of ether oxygens (including phenoxy) is 1. The molecule has 3 nitrogen and oxygen atoms in total. The van der Waals surface area contributed by atoms with Crippen molar-refractivity contribution in [3.05, 3.63) is 47.8 Å². The van der Waals surface area contributed by atoms with Gasteiger partial charge in [-0.1, -0.05) is 24.3 Å². The number of benzene rings is 1. The summed E-state index contributed by atoms with van der Waals surface area (Å²) in [6, 6.07) is 6.00. The molecule has 4 heteroatoms. The van der Waals surface area contributed by atoms with Crippen LogP contribution in [0, 0.1) is 17.7 Å². The third-order valence-corrected chi connectivity index (χ3v) is 3.58.